The molecule has 3 rings (SSSR count). The lowest BCUT2D eigenvalue weighted by Gasteiger charge is -2.06. The summed E-state index contributed by atoms with van der Waals surface area (Å²) in [6.45, 7) is 0.604. The van der Waals surface area contributed by atoms with Crippen molar-refractivity contribution in [3.05, 3.63) is 71.9 Å². The Labute approximate surface area is 103 Å². The van der Waals surface area contributed by atoms with Gasteiger partial charge in [-0.1, -0.05) is 30.3 Å². The Morgan fingerprint density at radius 1 is 0.944 bits per heavy atom. The molecule has 3 heteroatoms. The first-order chi connectivity index (χ1) is 8.74. The van der Waals surface area contributed by atoms with E-state index in [0.717, 1.165) is 11.6 Å². The Kier molecular flexibility index (Phi) is 2.59. The maximum Gasteiger partial charge on any atom is 0.135 e. The number of halogens is 2. The zero-order valence-corrected chi connectivity index (χ0v) is 9.61. The summed E-state index contributed by atoms with van der Waals surface area (Å²) in [5.41, 5.74) is 1.68. The Morgan fingerprint density at radius 3 is 2.50 bits per heavy atom. The molecule has 1 nitrogen and oxygen atoms in total. The van der Waals surface area contributed by atoms with E-state index in [-0.39, 0.29) is 0 Å². The van der Waals surface area contributed by atoms with Gasteiger partial charge in [-0.05, 0) is 17.7 Å². The van der Waals surface area contributed by atoms with E-state index in [1.54, 1.807) is 12.3 Å². The SMILES string of the molecule is Fc1cc(F)c2ccn(Cc3ccccc3)c2c1. The third kappa shape index (κ3) is 1.88. The van der Waals surface area contributed by atoms with Crippen LogP contribution in [0, 0.1) is 11.6 Å². The molecular weight excluding hydrogens is 232 g/mol. The van der Waals surface area contributed by atoms with Gasteiger partial charge in [0.05, 0.1) is 5.52 Å². The Bertz CT molecular complexity index is 686. The molecule has 0 amide bonds. The number of aromatic nitrogens is 1. The largest absolute Gasteiger partial charge is 0.343 e. The molecule has 0 aliphatic heterocycles. The summed E-state index contributed by atoms with van der Waals surface area (Å²) in [6.07, 6.45) is 1.78. The summed E-state index contributed by atoms with van der Waals surface area (Å²) >= 11 is 0. The van der Waals surface area contributed by atoms with Gasteiger partial charge < -0.3 is 4.57 Å². The highest BCUT2D eigenvalue weighted by molar-refractivity contribution is 5.80. The van der Waals surface area contributed by atoms with E-state index in [1.165, 1.54) is 6.07 Å². The van der Waals surface area contributed by atoms with Crippen LogP contribution in [0.3, 0.4) is 0 Å². The Balaban J connectivity index is 2.08. The lowest BCUT2D eigenvalue weighted by molar-refractivity contribution is 0.591. The highest BCUT2D eigenvalue weighted by Crippen LogP contribution is 2.21. The van der Waals surface area contributed by atoms with Crippen LogP contribution < -0.4 is 0 Å². The molecule has 3 aromatic rings. The van der Waals surface area contributed by atoms with Crippen molar-refractivity contribution in [2.75, 3.05) is 0 Å². The van der Waals surface area contributed by atoms with Crippen LogP contribution in [0.25, 0.3) is 10.9 Å². The van der Waals surface area contributed by atoms with E-state index in [9.17, 15) is 8.78 Å². The molecule has 0 aliphatic rings. The summed E-state index contributed by atoms with van der Waals surface area (Å²) < 4.78 is 28.6. The minimum atomic E-state index is -0.548. The number of nitrogens with zero attached hydrogens (tertiary/aromatic N) is 1. The second kappa shape index (κ2) is 4.26. The molecule has 2 aromatic carbocycles. The highest BCUT2D eigenvalue weighted by Gasteiger charge is 2.08. The molecule has 90 valence electrons. The molecule has 0 N–H and O–H groups in total. The first-order valence-electron chi connectivity index (χ1n) is 5.72. The monoisotopic (exact) mass is 243 g/mol. The molecule has 18 heavy (non-hydrogen) atoms. The number of rotatable bonds is 2. The van der Waals surface area contributed by atoms with Crippen LogP contribution in [0.1, 0.15) is 5.56 Å². The molecule has 0 saturated carbocycles. The van der Waals surface area contributed by atoms with Crippen LogP contribution in [-0.4, -0.2) is 4.57 Å². The predicted molar refractivity (Wildman–Crippen MR) is 67.4 cm³/mol. The predicted octanol–water partition coefficient (Wildman–Crippen LogP) is 3.97. The first-order valence-corrected chi connectivity index (χ1v) is 5.72. The van der Waals surface area contributed by atoms with Crippen LogP contribution >= 0.6 is 0 Å². The van der Waals surface area contributed by atoms with Crippen molar-refractivity contribution in [3.63, 3.8) is 0 Å². The summed E-state index contributed by atoms with van der Waals surface area (Å²) in [5.74, 6) is -1.06. The minimum absolute atomic E-state index is 0.451. The zero-order valence-electron chi connectivity index (χ0n) is 9.61. The topological polar surface area (TPSA) is 4.93 Å². The van der Waals surface area contributed by atoms with Gasteiger partial charge in [0, 0.05) is 24.2 Å². The maximum atomic E-state index is 13.5. The average molecular weight is 243 g/mol. The van der Waals surface area contributed by atoms with E-state index < -0.39 is 11.6 Å². The second-order valence-electron chi connectivity index (χ2n) is 4.25. The molecule has 0 aliphatic carbocycles. The van der Waals surface area contributed by atoms with Crippen LogP contribution in [-0.2, 0) is 6.54 Å². The molecule has 1 aromatic heterocycles. The zero-order chi connectivity index (χ0) is 12.5. The summed E-state index contributed by atoms with van der Waals surface area (Å²) in [4.78, 5) is 0. The highest BCUT2D eigenvalue weighted by atomic mass is 19.1. The fourth-order valence-corrected chi connectivity index (χ4v) is 2.14. The third-order valence-corrected chi connectivity index (χ3v) is 3.00. The average Bonchev–Trinajstić information content (AvgIpc) is 2.74. The van der Waals surface area contributed by atoms with E-state index in [1.807, 2.05) is 34.9 Å². The molecule has 1 heterocycles. The molecule has 0 unspecified atom stereocenters. The number of hydrogen-bond donors (Lipinski definition) is 0. The normalized spacial score (nSPS) is 11.0. The van der Waals surface area contributed by atoms with Gasteiger partial charge in [0.25, 0.3) is 0 Å². The van der Waals surface area contributed by atoms with Gasteiger partial charge in [-0.2, -0.15) is 0 Å². The standard InChI is InChI=1S/C15H11F2N/c16-12-8-14(17)13-6-7-18(15(13)9-12)10-11-4-2-1-3-5-11/h1-9H,10H2. The van der Waals surface area contributed by atoms with Crippen molar-refractivity contribution >= 4 is 10.9 Å². The van der Waals surface area contributed by atoms with E-state index in [4.69, 9.17) is 0 Å². The van der Waals surface area contributed by atoms with Gasteiger partial charge >= 0.3 is 0 Å². The first kappa shape index (κ1) is 11.0. The second-order valence-corrected chi connectivity index (χ2v) is 4.25. The fraction of sp³-hybridized carbons (Fsp3) is 0.0667. The summed E-state index contributed by atoms with van der Waals surface area (Å²) in [5, 5.41) is 0.451. The Morgan fingerprint density at radius 2 is 1.72 bits per heavy atom. The summed E-state index contributed by atoms with van der Waals surface area (Å²) in [7, 11) is 0. The van der Waals surface area contributed by atoms with Crippen molar-refractivity contribution in [2.24, 2.45) is 0 Å². The van der Waals surface area contributed by atoms with Crippen molar-refractivity contribution in [1.29, 1.82) is 0 Å². The van der Waals surface area contributed by atoms with Crippen molar-refractivity contribution in [3.8, 4) is 0 Å². The molecule has 0 saturated heterocycles. The molecule has 0 fully saturated rings. The molecule has 0 bridgehead atoms. The van der Waals surface area contributed by atoms with Gasteiger partial charge in [-0.15, -0.1) is 0 Å². The minimum Gasteiger partial charge on any atom is -0.343 e. The molecule has 0 spiro atoms. The van der Waals surface area contributed by atoms with E-state index in [2.05, 4.69) is 0 Å². The van der Waals surface area contributed by atoms with Gasteiger partial charge in [-0.25, -0.2) is 8.78 Å². The number of benzene rings is 2. The van der Waals surface area contributed by atoms with Gasteiger partial charge in [0.2, 0.25) is 0 Å². The van der Waals surface area contributed by atoms with Crippen molar-refractivity contribution in [2.45, 2.75) is 6.54 Å². The molecule has 0 radical (unpaired) electrons. The lowest BCUT2D eigenvalue weighted by Crippen LogP contribution is -1.98. The smallest absolute Gasteiger partial charge is 0.135 e. The lowest BCUT2D eigenvalue weighted by atomic mass is 10.2. The van der Waals surface area contributed by atoms with Gasteiger partial charge in [0.1, 0.15) is 11.6 Å². The Hall–Kier alpha value is -2.16. The van der Waals surface area contributed by atoms with E-state index in [0.29, 0.717) is 17.4 Å². The number of hydrogen-bond acceptors (Lipinski definition) is 0. The van der Waals surface area contributed by atoms with Crippen LogP contribution in [0.15, 0.2) is 54.7 Å². The molecule has 0 atom stereocenters. The number of fused-ring (bicyclic) bond motifs is 1. The van der Waals surface area contributed by atoms with E-state index >= 15 is 0 Å². The van der Waals surface area contributed by atoms with Crippen molar-refractivity contribution in [1.82, 2.24) is 4.57 Å². The molecular formula is C15H11F2N. The van der Waals surface area contributed by atoms with Crippen LogP contribution in [0.2, 0.25) is 0 Å². The fourth-order valence-electron chi connectivity index (χ4n) is 2.14. The quantitative estimate of drug-likeness (QED) is 0.642. The van der Waals surface area contributed by atoms with Gasteiger partial charge in [-0.3, -0.25) is 0 Å². The maximum absolute atomic E-state index is 13.5. The van der Waals surface area contributed by atoms with Crippen LogP contribution in [0.4, 0.5) is 8.78 Å². The van der Waals surface area contributed by atoms with Gasteiger partial charge in [0.15, 0.2) is 0 Å². The third-order valence-electron chi connectivity index (χ3n) is 3.00. The van der Waals surface area contributed by atoms with Crippen LogP contribution in [0.5, 0.6) is 0 Å². The van der Waals surface area contributed by atoms with Crippen molar-refractivity contribution < 1.29 is 8.78 Å². The summed E-state index contributed by atoms with van der Waals surface area (Å²) in [6, 6.07) is 13.8.